The maximum absolute atomic E-state index is 11.0. The molecule has 11 heteroatoms. The van der Waals surface area contributed by atoms with Gasteiger partial charge in [0.2, 0.25) is 0 Å². The zero-order chi connectivity index (χ0) is 22.0. The Kier molecular flexibility index (Phi) is 9.24. The van der Waals surface area contributed by atoms with Crippen molar-refractivity contribution in [2.24, 2.45) is 0 Å². The fourth-order valence-electron chi connectivity index (χ4n) is 2.59. The molecule has 0 unspecified atom stereocenters. The van der Waals surface area contributed by atoms with Crippen LogP contribution in [0.4, 0.5) is 0 Å². The molecule has 156 valence electrons. The van der Waals surface area contributed by atoms with Gasteiger partial charge in [-0.25, -0.2) is 0 Å². The standard InChI is InChI=1S/C18H21N3O8/c1-2-3-12-4-13(6-20(8-15(22)23)9-16(24)25)19-14(5-12)7-21(10-17(26)27)11-18(28)29/h4-5H,6-11H2,1H3,(H,22,23)(H,24,25)(H,26,27)(H,28,29). The van der Waals surface area contributed by atoms with Gasteiger partial charge in [0.05, 0.1) is 37.6 Å². The van der Waals surface area contributed by atoms with Crippen LogP contribution in [0.15, 0.2) is 12.1 Å². The summed E-state index contributed by atoms with van der Waals surface area (Å²) in [5, 5.41) is 35.8. The monoisotopic (exact) mass is 407 g/mol. The van der Waals surface area contributed by atoms with E-state index >= 15 is 0 Å². The second kappa shape index (κ2) is 11.4. The molecule has 0 fully saturated rings. The zero-order valence-corrected chi connectivity index (χ0v) is 15.7. The van der Waals surface area contributed by atoms with Crippen molar-refractivity contribution in [3.05, 3.63) is 29.1 Å². The van der Waals surface area contributed by atoms with Gasteiger partial charge in [-0.1, -0.05) is 5.92 Å². The average molecular weight is 407 g/mol. The average Bonchev–Trinajstić information content (AvgIpc) is 2.52. The summed E-state index contributed by atoms with van der Waals surface area (Å²) in [6.07, 6.45) is 0. The molecule has 0 spiro atoms. The van der Waals surface area contributed by atoms with E-state index in [4.69, 9.17) is 20.4 Å². The highest BCUT2D eigenvalue weighted by Crippen LogP contribution is 2.11. The van der Waals surface area contributed by atoms with E-state index in [0.717, 1.165) is 9.80 Å². The van der Waals surface area contributed by atoms with Crippen LogP contribution in [0.5, 0.6) is 0 Å². The molecular weight excluding hydrogens is 386 g/mol. The molecule has 0 bridgehead atoms. The van der Waals surface area contributed by atoms with E-state index < -0.39 is 50.1 Å². The second-order valence-electron chi connectivity index (χ2n) is 6.08. The number of carboxylic acid groups (broad SMARTS) is 4. The topological polar surface area (TPSA) is 169 Å². The number of nitrogens with zero attached hydrogens (tertiary/aromatic N) is 3. The van der Waals surface area contributed by atoms with E-state index in [1.165, 1.54) is 0 Å². The van der Waals surface area contributed by atoms with E-state index in [9.17, 15) is 19.2 Å². The Morgan fingerprint density at radius 2 is 1.14 bits per heavy atom. The molecule has 4 N–H and O–H groups in total. The lowest BCUT2D eigenvalue weighted by Crippen LogP contribution is -2.35. The van der Waals surface area contributed by atoms with Gasteiger partial charge in [0.25, 0.3) is 0 Å². The minimum atomic E-state index is -1.20. The van der Waals surface area contributed by atoms with E-state index in [0.29, 0.717) is 17.0 Å². The molecule has 0 aliphatic heterocycles. The quantitative estimate of drug-likeness (QED) is 0.326. The van der Waals surface area contributed by atoms with E-state index in [2.05, 4.69) is 16.8 Å². The number of carbonyl (C=O) groups is 4. The van der Waals surface area contributed by atoms with Gasteiger partial charge in [0.15, 0.2) is 0 Å². The fraction of sp³-hybridized carbons (Fsp3) is 0.389. The molecule has 1 aromatic heterocycles. The predicted octanol–water partition coefficient (Wildman–Crippen LogP) is -0.605. The molecule has 0 radical (unpaired) electrons. The normalized spacial score (nSPS) is 10.4. The second-order valence-corrected chi connectivity index (χ2v) is 6.08. The first-order valence-electron chi connectivity index (χ1n) is 8.33. The highest BCUT2D eigenvalue weighted by atomic mass is 16.4. The van der Waals surface area contributed by atoms with Crippen molar-refractivity contribution < 1.29 is 39.6 Å². The van der Waals surface area contributed by atoms with Crippen molar-refractivity contribution in [3.8, 4) is 11.8 Å². The van der Waals surface area contributed by atoms with Crippen molar-refractivity contribution in [3.63, 3.8) is 0 Å². The van der Waals surface area contributed by atoms with Crippen molar-refractivity contribution in [2.75, 3.05) is 26.2 Å². The summed E-state index contributed by atoms with van der Waals surface area (Å²) >= 11 is 0. The molecule has 0 aromatic carbocycles. The molecule has 0 amide bonds. The third-order valence-corrected chi connectivity index (χ3v) is 3.41. The lowest BCUT2D eigenvalue weighted by Gasteiger charge is -2.20. The van der Waals surface area contributed by atoms with Crippen molar-refractivity contribution in [2.45, 2.75) is 20.0 Å². The summed E-state index contributed by atoms with van der Waals surface area (Å²) in [5.74, 6) is 0.684. The van der Waals surface area contributed by atoms with Crippen LogP contribution in [0.1, 0.15) is 23.9 Å². The van der Waals surface area contributed by atoms with Crippen LogP contribution < -0.4 is 0 Å². The highest BCUT2D eigenvalue weighted by molar-refractivity contribution is 5.73. The third-order valence-electron chi connectivity index (χ3n) is 3.41. The molecule has 29 heavy (non-hydrogen) atoms. The third kappa shape index (κ3) is 9.85. The Hall–Kier alpha value is -3.49. The largest absolute Gasteiger partial charge is 0.480 e. The number of carboxylic acids is 4. The fourth-order valence-corrected chi connectivity index (χ4v) is 2.59. The number of rotatable bonds is 12. The Bertz CT molecular complexity index is 755. The first kappa shape index (κ1) is 23.5. The predicted molar refractivity (Wildman–Crippen MR) is 97.9 cm³/mol. The van der Waals surface area contributed by atoms with Gasteiger partial charge in [-0.3, -0.25) is 34.0 Å². The minimum Gasteiger partial charge on any atom is -0.480 e. The van der Waals surface area contributed by atoms with E-state index in [1.807, 2.05) is 0 Å². The van der Waals surface area contributed by atoms with E-state index in [-0.39, 0.29) is 13.1 Å². The Labute approximate surface area is 166 Å². The maximum Gasteiger partial charge on any atom is 0.317 e. The van der Waals surface area contributed by atoms with E-state index in [1.54, 1.807) is 19.1 Å². The first-order chi connectivity index (χ1) is 13.6. The SMILES string of the molecule is CC#Cc1cc(CN(CC(=O)O)CC(=O)O)nc(CN(CC(=O)O)CC(=O)O)c1. The number of aliphatic carboxylic acids is 4. The molecule has 11 nitrogen and oxygen atoms in total. The lowest BCUT2D eigenvalue weighted by molar-refractivity contribution is -0.144. The Morgan fingerprint density at radius 3 is 1.41 bits per heavy atom. The van der Waals surface area contributed by atoms with Crippen LogP contribution in [-0.4, -0.2) is 85.3 Å². The molecule has 0 atom stereocenters. The van der Waals surface area contributed by atoms with Crippen molar-refractivity contribution in [1.29, 1.82) is 0 Å². The van der Waals surface area contributed by atoms with Crippen LogP contribution in [0.3, 0.4) is 0 Å². The number of pyridine rings is 1. The first-order valence-corrected chi connectivity index (χ1v) is 8.33. The van der Waals surface area contributed by atoms with Crippen LogP contribution in [0.2, 0.25) is 0 Å². The van der Waals surface area contributed by atoms with Gasteiger partial charge in [-0.2, -0.15) is 0 Å². The number of hydrogen-bond donors (Lipinski definition) is 4. The Balaban J connectivity index is 3.17. The van der Waals surface area contributed by atoms with Crippen LogP contribution in [0.25, 0.3) is 0 Å². The van der Waals surface area contributed by atoms with Gasteiger partial charge in [-0.15, -0.1) is 5.92 Å². The molecule has 1 rings (SSSR count). The summed E-state index contributed by atoms with van der Waals surface area (Å²) in [5.41, 5.74) is 1.16. The molecule has 0 saturated carbocycles. The minimum absolute atomic E-state index is 0.0945. The Morgan fingerprint density at radius 1 is 0.793 bits per heavy atom. The summed E-state index contributed by atoms with van der Waals surface area (Å²) in [6.45, 7) is -0.657. The molecule has 0 saturated heterocycles. The van der Waals surface area contributed by atoms with Crippen LogP contribution >= 0.6 is 0 Å². The van der Waals surface area contributed by atoms with Crippen LogP contribution in [-0.2, 0) is 32.3 Å². The highest BCUT2D eigenvalue weighted by Gasteiger charge is 2.18. The lowest BCUT2D eigenvalue weighted by atomic mass is 10.1. The molecule has 0 aliphatic carbocycles. The molecule has 1 aromatic rings. The smallest absolute Gasteiger partial charge is 0.317 e. The molecular formula is C18H21N3O8. The zero-order valence-electron chi connectivity index (χ0n) is 15.7. The summed E-state index contributed by atoms with van der Waals surface area (Å²) < 4.78 is 0. The summed E-state index contributed by atoms with van der Waals surface area (Å²) in [6, 6.07) is 3.13. The van der Waals surface area contributed by atoms with Crippen LogP contribution in [0, 0.1) is 11.8 Å². The van der Waals surface area contributed by atoms with Crippen molar-refractivity contribution in [1.82, 2.24) is 14.8 Å². The maximum atomic E-state index is 11.0. The van der Waals surface area contributed by atoms with Gasteiger partial charge in [0.1, 0.15) is 0 Å². The van der Waals surface area contributed by atoms with Gasteiger partial charge in [-0.05, 0) is 19.1 Å². The number of aromatic nitrogens is 1. The van der Waals surface area contributed by atoms with Gasteiger partial charge < -0.3 is 20.4 Å². The van der Waals surface area contributed by atoms with Crippen molar-refractivity contribution >= 4 is 23.9 Å². The van der Waals surface area contributed by atoms with Gasteiger partial charge >= 0.3 is 23.9 Å². The summed E-state index contributed by atoms with van der Waals surface area (Å²) in [7, 11) is 0. The molecule has 1 heterocycles. The summed E-state index contributed by atoms with van der Waals surface area (Å²) in [4.78, 5) is 50.5. The van der Waals surface area contributed by atoms with Gasteiger partial charge in [0, 0.05) is 18.7 Å². The molecule has 0 aliphatic rings. The number of hydrogen-bond acceptors (Lipinski definition) is 7.